The van der Waals surface area contributed by atoms with Crippen LogP contribution in [0.2, 0.25) is 0 Å². The summed E-state index contributed by atoms with van der Waals surface area (Å²) in [6, 6.07) is 27.0. The van der Waals surface area contributed by atoms with Crippen molar-refractivity contribution in [3.8, 4) is 5.75 Å². The molecule has 0 bridgehead atoms. The van der Waals surface area contributed by atoms with Gasteiger partial charge in [-0.15, -0.1) is 0 Å². The lowest BCUT2D eigenvalue weighted by Gasteiger charge is -2.33. The Morgan fingerprint density at radius 2 is 1.44 bits per heavy atom. The number of amides is 2. The van der Waals surface area contributed by atoms with Crippen molar-refractivity contribution >= 4 is 11.8 Å². The van der Waals surface area contributed by atoms with E-state index in [2.05, 4.69) is 5.32 Å². The highest BCUT2D eigenvalue weighted by Crippen LogP contribution is 2.21. The first-order valence-electron chi connectivity index (χ1n) is 12.9. The van der Waals surface area contributed by atoms with Gasteiger partial charge < -0.3 is 15.0 Å². The van der Waals surface area contributed by atoms with Crippen LogP contribution in [0, 0.1) is 0 Å². The molecule has 1 aliphatic rings. The molecule has 0 spiro atoms. The fourth-order valence-electron chi connectivity index (χ4n) is 4.90. The number of nitrogens with zero attached hydrogens (tertiary/aromatic N) is 1. The van der Waals surface area contributed by atoms with E-state index >= 15 is 0 Å². The summed E-state index contributed by atoms with van der Waals surface area (Å²) < 4.78 is 5.26. The Bertz CT molecular complexity index is 1090. The Hall–Kier alpha value is -3.60. The molecule has 188 valence electrons. The van der Waals surface area contributed by atoms with Crippen molar-refractivity contribution in [1.29, 1.82) is 0 Å². The van der Waals surface area contributed by atoms with E-state index in [0.29, 0.717) is 13.0 Å². The molecule has 3 aromatic carbocycles. The largest absolute Gasteiger partial charge is 0.497 e. The predicted molar refractivity (Wildman–Crippen MR) is 143 cm³/mol. The average Bonchev–Trinajstić information content (AvgIpc) is 2.92. The Balaban J connectivity index is 1.62. The van der Waals surface area contributed by atoms with Crippen LogP contribution < -0.4 is 10.1 Å². The standard InChI is InChI=1S/C31H36N2O3/c1-36-28-19-17-25(18-20-28)22-30(34)33(23-26-13-7-3-8-14-26)29(21-24-11-5-2-6-12-24)31(35)32-27-15-9-4-10-16-27/h2-3,5-8,11-14,17-20,27,29H,4,9-10,15-16,21-23H2,1H3,(H,32,35). The zero-order valence-corrected chi connectivity index (χ0v) is 21.1. The Morgan fingerprint density at radius 3 is 2.06 bits per heavy atom. The van der Waals surface area contributed by atoms with Gasteiger partial charge >= 0.3 is 0 Å². The van der Waals surface area contributed by atoms with Crippen molar-refractivity contribution in [2.45, 2.75) is 63.6 Å². The van der Waals surface area contributed by atoms with E-state index in [1.165, 1.54) is 6.42 Å². The van der Waals surface area contributed by atoms with Crippen LogP contribution in [0.25, 0.3) is 0 Å². The maximum atomic E-state index is 13.8. The smallest absolute Gasteiger partial charge is 0.243 e. The SMILES string of the molecule is COc1ccc(CC(=O)N(Cc2ccccc2)C(Cc2ccccc2)C(=O)NC2CCCCC2)cc1. The van der Waals surface area contributed by atoms with Gasteiger partial charge in [0.15, 0.2) is 0 Å². The Morgan fingerprint density at radius 1 is 0.833 bits per heavy atom. The number of carbonyl (C=O) groups is 2. The van der Waals surface area contributed by atoms with Crippen molar-refractivity contribution in [3.05, 3.63) is 102 Å². The summed E-state index contributed by atoms with van der Waals surface area (Å²) in [4.78, 5) is 29.3. The number of benzene rings is 3. The minimum Gasteiger partial charge on any atom is -0.497 e. The zero-order valence-electron chi connectivity index (χ0n) is 21.1. The fraction of sp³-hybridized carbons (Fsp3) is 0.355. The molecule has 1 saturated carbocycles. The second-order valence-electron chi connectivity index (χ2n) is 9.58. The molecule has 0 radical (unpaired) electrons. The van der Waals surface area contributed by atoms with E-state index < -0.39 is 6.04 Å². The summed E-state index contributed by atoms with van der Waals surface area (Å²) in [5, 5.41) is 3.29. The maximum Gasteiger partial charge on any atom is 0.243 e. The molecule has 1 fully saturated rings. The molecule has 0 aromatic heterocycles. The van der Waals surface area contributed by atoms with Gasteiger partial charge in [0.05, 0.1) is 13.5 Å². The lowest BCUT2D eigenvalue weighted by Crippen LogP contribution is -2.53. The minimum absolute atomic E-state index is 0.0650. The quantitative estimate of drug-likeness (QED) is 0.423. The van der Waals surface area contributed by atoms with E-state index in [4.69, 9.17) is 4.74 Å². The molecule has 0 heterocycles. The molecule has 1 N–H and O–H groups in total. The molecule has 1 unspecified atom stereocenters. The van der Waals surface area contributed by atoms with E-state index in [1.807, 2.05) is 84.9 Å². The van der Waals surface area contributed by atoms with Crippen LogP contribution in [0.3, 0.4) is 0 Å². The van der Waals surface area contributed by atoms with Crippen molar-refractivity contribution in [2.24, 2.45) is 0 Å². The molecular weight excluding hydrogens is 448 g/mol. The van der Waals surface area contributed by atoms with Gasteiger partial charge in [0, 0.05) is 19.0 Å². The maximum absolute atomic E-state index is 13.8. The van der Waals surface area contributed by atoms with Crippen LogP contribution in [0.15, 0.2) is 84.9 Å². The van der Waals surface area contributed by atoms with Gasteiger partial charge in [-0.25, -0.2) is 0 Å². The molecule has 0 saturated heterocycles. The van der Waals surface area contributed by atoms with Crippen LogP contribution in [0.4, 0.5) is 0 Å². The molecule has 5 heteroatoms. The van der Waals surface area contributed by atoms with Crippen LogP contribution in [-0.4, -0.2) is 35.9 Å². The van der Waals surface area contributed by atoms with E-state index in [9.17, 15) is 9.59 Å². The van der Waals surface area contributed by atoms with E-state index in [-0.39, 0.29) is 24.3 Å². The van der Waals surface area contributed by atoms with Crippen LogP contribution in [0.5, 0.6) is 5.75 Å². The summed E-state index contributed by atoms with van der Waals surface area (Å²) in [6.07, 6.45) is 6.20. The third-order valence-electron chi connectivity index (χ3n) is 6.93. The summed E-state index contributed by atoms with van der Waals surface area (Å²) in [7, 11) is 1.63. The van der Waals surface area contributed by atoms with Crippen LogP contribution >= 0.6 is 0 Å². The summed E-state index contributed by atoms with van der Waals surface area (Å²) in [5.74, 6) is 0.620. The third-order valence-corrected chi connectivity index (χ3v) is 6.93. The number of methoxy groups -OCH3 is 1. The first-order valence-corrected chi connectivity index (χ1v) is 12.9. The molecule has 1 aliphatic carbocycles. The van der Waals surface area contributed by atoms with Gasteiger partial charge in [0.1, 0.15) is 11.8 Å². The number of ether oxygens (including phenoxy) is 1. The lowest BCUT2D eigenvalue weighted by molar-refractivity contribution is -0.141. The molecular formula is C31H36N2O3. The van der Waals surface area contributed by atoms with E-state index in [0.717, 1.165) is 48.1 Å². The van der Waals surface area contributed by atoms with Crippen molar-refractivity contribution in [2.75, 3.05) is 7.11 Å². The number of rotatable bonds is 10. The van der Waals surface area contributed by atoms with Crippen LogP contribution in [-0.2, 0) is 29.0 Å². The molecule has 2 amide bonds. The number of hydrogen-bond acceptors (Lipinski definition) is 3. The normalized spacial score (nSPS) is 14.6. The highest BCUT2D eigenvalue weighted by Gasteiger charge is 2.31. The Labute approximate surface area is 214 Å². The lowest BCUT2D eigenvalue weighted by atomic mass is 9.94. The van der Waals surface area contributed by atoms with Gasteiger partial charge in [-0.05, 0) is 41.7 Å². The predicted octanol–water partition coefficient (Wildman–Crippen LogP) is 5.33. The van der Waals surface area contributed by atoms with Crippen molar-refractivity contribution in [3.63, 3.8) is 0 Å². The molecule has 4 rings (SSSR count). The number of hydrogen-bond donors (Lipinski definition) is 1. The highest BCUT2D eigenvalue weighted by molar-refractivity contribution is 5.89. The van der Waals surface area contributed by atoms with Gasteiger partial charge in [-0.3, -0.25) is 9.59 Å². The second kappa shape index (κ2) is 12.9. The Kier molecular flexibility index (Phi) is 9.15. The molecule has 0 aliphatic heterocycles. The summed E-state index contributed by atoms with van der Waals surface area (Å²) in [6.45, 7) is 0.380. The molecule has 1 atom stereocenters. The van der Waals surface area contributed by atoms with Gasteiger partial charge in [-0.2, -0.15) is 0 Å². The number of carbonyl (C=O) groups excluding carboxylic acids is 2. The fourth-order valence-corrected chi connectivity index (χ4v) is 4.90. The summed E-state index contributed by atoms with van der Waals surface area (Å²) in [5.41, 5.74) is 2.94. The monoisotopic (exact) mass is 484 g/mol. The second-order valence-corrected chi connectivity index (χ2v) is 9.58. The average molecular weight is 485 g/mol. The van der Waals surface area contributed by atoms with Crippen molar-refractivity contribution in [1.82, 2.24) is 10.2 Å². The molecule has 36 heavy (non-hydrogen) atoms. The third kappa shape index (κ3) is 7.20. The topological polar surface area (TPSA) is 58.6 Å². The van der Waals surface area contributed by atoms with Gasteiger partial charge in [0.2, 0.25) is 11.8 Å². The van der Waals surface area contributed by atoms with Gasteiger partial charge in [-0.1, -0.05) is 92.1 Å². The van der Waals surface area contributed by atoms with Gasteiger partial charge in [0.25, 0.3) is 0 Å². The van der Waals surface area contributed by atoms with Crippen LogP contribution in [0.1, 0.15) is 48.8 Å². The molecule has 3 aromatic rings. The van der Waals surface area contributed by atoms with Crippen molar-refractivity contribution < 1.29 is 14.3 Å². The number of nitrogens with one attached hydrogen (secondary N) is 1. The first kappa shape index (κ1) is 25.5. The van der Waals surface area contributed by atoms with E-state index in [1.54, 1.807) is 12.0 Å². The first-order chi connectivity index (χ1) is 17.6. The minimum atomic E-state index is -0.597. The summed E-state index contributed by atoms with van der Waals surface area (Å²) >= 11 is 0. The zero-order chi connectivity index (χ0) is 25.2. The highest BCUT2D eigenvalue weighted by atomic mass is 16.5. The molecule has 5 nitrogen and oxygen atoms in total.